The van der Waals surface area contributed by atoms with Gasteiger partial charge in [-0.3, -0.25) is 29.4 Å². The van der Waals surface area contributed by atoms with E-state index in [-0.39, 0.29) is 46.4 Å². The Labute approximate surface area is 331 Å². The number of piperidine rings is 1. The van der Waals surface area contributed by atoms with Crippen LogP contribution in [0, 0.1) is 24.4 Å². The molecule has 4 amide bonds. The van der Waals surface area contributed by atoms with Crippen LogP contribution in [0.1, 0.15) is 61.7 Å². The van der Waals surface area contributed by atoms with Crippen molar-refractivity contribution >= 4 is 46.6 Å². The number of imide groups is 1. The van der Waals surface area contributed by atoms with Crippen molar-refractivity contribution in [2.75, 3.05) is 48.3 Å². The van der Waals surface area contributed by atoms with Crippen LogP contribution in [0.25, 0.3) is 11.3 Å². The molecule has 5 N–H and O–H groups in total. The van der Waals surface area contributed by atoms with Crippen molar-refractivity contribution in [3.8, 4) is 11.3 Å². The standard InChI is InChI=1S/C41H41F3N10O4/c1-22-26(40(57)48-32-20-51(2)21-46-32)4-5-28(36(22)44)37-35(38(45)56)39-47-31-7-3-25(19-24(31)10-12-54(39)50-37)53-15-13-52(14-16-53)11-9-23-17-29(42)34(30(43)18-23)27-6-8-33(55)49-41(27)58/h3-5,7,17-21,27,47H,6,8-16H2,1-2H3,(H2,45,56)(H,48,57)(H,49,55,58)/t27-/m1/s1. The molecule has 0 spiro atoms. The van der Waals surface area contributed by atoms with E-state index in [2.05, 4.69) is 41.9 Å². The molecule has 58 heavy (non-hydrogen) atoms. The number of amides is 4. The van der Waals surface area contributed by atoms with Gasteiger partial charge in [0.25, 0.3) is 11.8 Å². The summed E-state index contributed by atoms with van der Waals surface area (Å²) in [5.41, 5.74) is 9.23. The number of benzene rings is 3. The van der Waals surface area contributed by atoms with E-state index < -0.39 is 47.0 Å². The largest absolute Gasteiger partial charge is 0.369 e. The van der Waals surface area contributed by atoms with Gasteiger partial charge in [-0.2, -0.15) is 5.10 Å². The number of halogens is 3. The van der Waals surface area contributed by atoms with Crippen molar-refractivity contribution in [2.24, 2.45) is 12.8 Å². The molecule has 3 aliphatic rings. The second kappa shape index (κ2) is 15.5. The molecule has 300 valence electrons. The highest BCUT2D eigenvalue weighted by molar-refractivity contribution is 6.07. The Morgan fingerprint density at radius 3 is 2.41 bits per heavy atom. The minimum Gasteiger partial charge on any atom is -0.369 e. The fourth-order valence-electron chi connectivity index (χ4n) is 8.01. The number of anilines is 4. The molecule has 1 atom stereocenters. The van der Waals surface area contributed by atoms with E-state index in [9.17, 15) is 19.2 Å². The van der Waals surface area contributed by atoms with Crippen LogP contribution in [-0.4, -0.2) is 80.6 Å². The summed E-state index contributed by atoms with van der Waals surface area (Å²) in [6, 6.07) is 11.5. The van der Waals surface area contributed by atoms with E-state index in [0.29, 0.717) is 43.1 Å². The molecule has 17 heteroatoms. The lowest BCUT2D eigenvalue weighted by molar-refractivity contribution is -0.134. The maximum absolute atomic E-state index is 16.0. The molecule has 14 nitrogen and oxygen atoms in total. The van der Waals surface area contributed by atoms with Crippen LogP contribution in [0.3, 0.4) is 0 Å². The normalized spacial score (nSPS) is 16.9. The molecule has 0 radical (unpaired) electrons. The molecule has 2 saturated heterocycles. The van der Waals surface area contributed by atoms with E-state index in [1.807, 2.05) is 12.1 Å². The zero-order valence-corrected chi connectivity index (χ0v) is 31.9. The Balaban J connectivity index is 0.919. The van der Waals surface area contributed by atoms with E-state index in [0.717, 1.165) is 43.1 Å². The van der Waals surface area contributed by atoms with Gasteiger partial charge in [-0.1, -0.05) is 0 Å². The number of aryl methyl sites for hydroxylation is 3. The van der Waals surface area contributed by atoms with Crippen molar-refractivity contribution in [3.05, 3.63) is 106 Å². The van der Waals surface area contributed by atoms with E-state index >= 15 is 13.2 Å². The number of carbonyl (C=O) groups excluding carboxylic acids is 4. The van der Waals surface area contributed by atoms with Crippen LogP contribution in [0.2, 0.25) is 0 Å². The predicted molar refractivity (Wildman–Crippen MR) is 209 cm³/mol. The number of fused-ring (bicyclic) bond motifs is 2. The third kappa shape index (κ3) is 7.40. The Hall–Kier alpha value is -6.49. The molecule has 2 aromatic heterocycles. The number of primary amides is 1. The average molecular weight is 795 g/mol. The second-order valence-electron chi connectivity index (χ2n) is 14.9. The monoisotopic (exact) mass is 794 g/mol. The summed E-state index contributed by atoms with van der Waals surface area (Å²) in [5.74, 6) is -5.03. The maximum atomic E-state index is 16.0. The van der Waals surface area contributed by atoms with Gasteiger partial charge in [0.2, 0.25) is 11.8 Å². The van der Waals surface area contributed by atoms with E-state index in [1.165, 1.54) is 37.5 Å². The Morgan fingerprint density at radius 2 is 1.72 bits per heavy atom. The topological polar surface area (TPSA) is 173 Å². The molecule has 5 heterocycles. The molecular formula is C41H41F3N10O4. The quantitative estimate of drug-likeness (QED) is 0.156. The maximum Gasteiger partial charge on any atom is 0.257 e. The SMILES string of the molecule is Cc1c(C(=O)Nc2cn(C)cn2)ccc(-c2nn3c(c2C(N)=O)Nc2ccc(N4CCN(CCc5cc(F)c([C@H]6CCC(=O)NC6=O)c(F)c5)CC4)cc2CC3)c1F. The van der Waals surface area contributed by atoms with Crippen LogP contribution in [-0.2, 0) is 36.0 Å². The third-order valence-corrected chi connectivity index (χ3v) is 11.1. The van der Waals surface area contributed by atoms with Gasteiger partial charge in [0, 0.05) is 87.0 Å². The minimum atomic E-state index is -1.03. The first-order valence-corrected chi connectivity index (χ1v) is 19.0. The van der Waals surface area contributed by atoms with Gasteiger partial charge >= 0.3 is 0 Å². The van der Waals surface area contributed by atoms with Crippen LogP contribution >= 0.6 is 0 Å². The Bertz CT molecular complexity index is 2470. The van der Waals surface area contributed by atoms with Crippen molar-refractivity contribution in [1.29, 1.82) is 0 Å². The molecule has 5 aromatic rings. The van der Waals surface area contributed by atoms with Crippen LogP contribution in [0.15, 0.2) is 55.0 Å². The number of piperazine rings is 1. The predicted octanol–water partition coefficient (Wildman–Crippen LogP) is 4.55. The van der Waals surface area contributed by atoms with Crippen LogP contribution in [0.4, 0.5) is 36.2 Å². The average Bonchev–Trinajstić information content (AvgIpc) is 3.71. The summed E-state index contributed by atoms with van der Waals surface area (Å²) in [5, 5.41) is 12.8. The van der Waals surface area contributed by atoms with Gasteiger partial charge in [0.1, 0.15) is 34.5 Å². The smallest absolute Gasteiger partial charge is 0.257 e. The Morgan fingerprint density at radius 1 is 0.966 bits per heavy atom. The van der Waals surface area contributed by atoms with Gasteiger partial charge in [-0.15, -0.1) is 0 Å². The molecule has 0 aliphatic carbocycles. The van der Waals surface area contributed by atoms with Gasteiger partial charge in [-0.25, -0.2) is 22.8 Å². The highest BCUT2D eigenvalue weighted by atomic mass is 19.1. The van der Waals surface area contributed by atoms with Crippen LogP contribution in [0.5, 0.6) is 0 Å². The lowest BCUT2D eigenvalue weighted by atomic mass is 9.89. The zero-order chi connectivity index (χ0) is 40.8. The summed E-state index contributed by atoms with van der Waals surface area (Å²) in [7, 11) is 1.76. The van der Waals surface area contributed by atoms with Crippen molar-refractivity contribution in [3.63, 3.8) is 0 Å². The molecule has 0 unspecified atom stereocenters. The summed E-state index contributed by atoms with van der Waals surface area (Å²) in [4.78, 5) is 58.2. The third-order valence-electron chi connectivity index (χ3n) is 11.1. The first-order valence-electron chi connectivity index (χ1n) is 19.0. The number of carbonyl (C=O) groups is 4. The summed E-state index contributed by atoms with van der Waals surface area (Å²) >= 11 is 0. The highest BCUT2D eigenvalue weighted by Crippen LogP contribution is 2.38. The number of rotatable bonds is 9. The number of hydrogen-bond donors (Lipinski definition) is 4. The molecule has 8 rings (SSSR count). The van der Waals surface area contributed by atoms with E-state index in [1.54, 1.807) is 22.5 Å². The number of hydrogen-bond acceptors (Lipinski definition) is 9. The molecule has 0 saturated carbocycles. The first-order chi connectivity index (χ1) is 27.8. The van der Waals surface area contributed by atoms with Crippen molar-refractivity contribution in [2.45, 2.75) is 45.1 Å². The molecule has 3 aromatic carbocycles. The van der Waals surface area contributed by atoms with Crippen LogP contribution < -0.4 is 26.6 Å². The zero-order valence-electron chi connectivity index (χ0n) is 31.9. The molecular weight excluding hydrogens is 754 g/mol. The Kier molecular flexibility index (Phi) is 10.2. The first kappa shape index (κ1) is 38.4. The molecule has 2 fully saturated rings. The van der Waals surface area contributed by atoms with Gasteiger partial charge in [0.15, 0.2) is 5.82 Å². The number of nitrogens with one attached hydrogen (secondary N) is 3. The fourth-order valence-corrected chi connectivity index (χ4v) is 8.01. The van der Waals surface area contributed by atoms with Crippen molar-refractivity contribution < 1.29 is 32.3 Å². The lowest BCUT2D eigenvalue weighted by Gasteiger charge is -2.36. The number of nitrogens with two attached hydrogens (primary N) is 1. The second-order valence-corrected chi connectivity index (χ2v) is 14.9. The summed E-state index contributed by atoms with van der Waals surface area (Å²) in [6.07, 6.45) is 4.26. The fraction of sp³-hybridized carbons (Fsp3) is 0.317. The number of nitrogens with zero attached hydrogens (tertiary/aromatic N) is 6. The summed E-state index contributed by atoms with van der Waals surface area (Å²) < 4.78 is 49.4. The lowest BCUT2D eigenvalue weighted by Crippen LogP contribution is -2.47. The van der Waals surface area contributed by atoms with E-state index in [4.69, 9.17) is 5.73 Å². The number of imidazole rings is 1. The highest BCUT2D eigenvalue weighted by Gasteiger charge is 2.33. The molecule has 0 bridgehead atoms. The minimum absolute atomic E-state index is 0.0350. The van der Waals surface area contributed by atoms with Crippen molar-refractivity contribution in [1.82, 2.24) is 29.5 Å². The molecule has 3 aliphatic heterocycles. The van der Waals surface area contributed by atoms with Gasteiger partial charge in [-0.05, 0) is 85.3 Å². The van der Waals surface area contributed by atoms with Gasteiger partial charge < -0.3 is 25.8 Å². The van der Waals surface area contributed by atoms with Gasteiger partial charge in [0.05, 0.1) is 12.2 Å². The summed E-state index contributed by atoms with van der Waals surface area (Å²) in [6.45, 7) is 5.41. The number of aromatic nitrogens is 4.